The summed E-state index contributed by atoms with van der Waals surface area (Å²) in [5.74, 6) is -0.155. The maximum absolute atomic E-state index is 12.5. The first-order valence-corrected chi connectivity index (χ1v) is 7.91. The molecule has 1 heterocycles. The molecule has 0 spiro atoms. The summed E-state index contributed by atoms with van der Waals surface area (Å²) in [5.41, 5.74) is 2.01. The Labute approximate surface area is 137 Å². The minimum absolute atomic E-state index is 0.155. The van der Waals surface area contributed by atoms with Gasteiger partial charge in [-0.05, 0) is 25.5 Å². The number of carbonyl (C=O) groups is 1. The molecular weight excluding hydrogens is 290 g/mol. The Bertz CT molecular complexity index is 655. The summed E-state index contributed by atoms with van der Waals surface area (Å²) in [6.45, 7) is 8.27. The van der Waals surface area contributed by atoms with Crippen molar-refractivity contribution in [2.24, 2.45) is 0 Å². The van der Waals surface area contributed by atoms with Gasteiger partial charge in [0, 0.05) is 18.2 Å². The normalized spacial score (nSPS) is 12.9. The molecule has 0 bridgehead atoms. The number of benzene rings is 1. The van der Waals surface area contributed by atoms with Crippen LogP contribution in [0.2, 0.25) is 0 Å². The zero-order valence-electron chi connectivity index (χ0n) is 14.2. The molecule has 0 radical (unpaired) electrons. The van der Waals surface area contributed by atoms with Crippen LogP contribution in [0.3, 0.4) is 0 Å². The van der Waals surface area contributed by atoms with Crippen molar-refractivity contribution in [1.82, 2.24) is 15.1 Å². The Kier molecular flexibility index (Phi) is 5.21. The molecule has 124 valence electrons. The highest BCUT2D eigenvalue weighted by Gasteiger charge is 2.26. The first kappa shape index (κ1) is 17.2. The van der Waals surface area contributed by atoms with E-state index in [0.29, 0.717) is 18.5 Å². The smallest absolute Gasteiger partial charge is 0.254 e. The fraction of sp³-hybridized carbons (Fsp3) is 0.444. The van der Waals surface area contributed by atoms with E-state index >= 15 is 0 Å². The third-order valence-electron chi connectivity index (χ3n) is 3.54. The third kappa shape index (κ3) is 4.42. The van der Waals surface area contributed by atoms with Crippen LogP contribution >= 0.6 is 0 Å². The zero-order valence-corrected chi connectivity index (χ0v) is 14.2. The average Bonchev–Trinajstić information content (AvgIpc) is 2.93. The Morgan fingerprint density at radius 1 is 1.30 bits per heavy atom. The van der Waals surface area contributed by atoms with Gasteiger partial charge in [-0.2, -0.15) is 5.10 Å². The molecule has 0 saturated carbocycles. The van der Waals surface area contributed by atoms with E-state index in [9.17, 15) is 9.90 Å². The first-order chi connectivity index (χ1) is 10.8. The molecule has 2 N–H and O–H groups in total. The standard InChI is InChI=1S/C18H25N3O2/c1-13(22)10-11-19-17(23)15-12-21(14-8-6-5-7-9-14)20-16(15)18(2,3)4/h5-9,12-13,22H,10-11H2,1-4H3,(H,19,23). The first-order valence-electron chi connectivity index (χ1n) is 7.91. The maximum atomic E-state index is 12.5. The molecule has 0 aliphatic carbocycles. The lowest BCUT2D eigenvalue weighted by Gasteiger charge is -2.17. The van der Waals surface area contributed by atoms with Gasteiger partial charge in [0.05, 0.1) is 23.0 Å². The molecule has 5 nitrogen and oxygen atoms in total. The van der Waals surface area contributed by atoms with Crippen LogP contribution in [-0.2, 0) is 5.41 Å². The average molecular weight is 315 g/mol. The van der Waals surface area contributed by atoms with E-state index in [1.807, 2.05) is 51.1 Å². The highest BCUT2D eigenvalue weighted by atomic mass is 16.3. The lowest BCUT2D eigenvalue weighted by molar-refractivity contribution is 0.0943. The molecule has 1 atom stereocenters. The van der Waals surface area contributed by atoms with Gasteiger partial charge in [0.15, 0.2) is 0 Å². The Hall–Kier alpha value is -2.14. The molecule has 0 aliphatic rings. The number of hydrogen-bond donors (Lipinski definition) is 2. The van der Waals surface area contributed by atoms with Gasteiger partial charge in [0.2, 0.25) is 0 Å². The Balaban J connectivity index is 2.30. The maximum Gasteiger partial charge on any atom is 0.254 e. The van der Waals surface area contributed by atoms with Crippen molar-refractivity contribution in [1.29, 1.82) is 0 Å². The van der Waals surface area contributed by atoms with E-state index in [2.05, 4.69) is 10.4 Å². The number of aromatic nitrogens is 2. The van der Waals surface area contributed by atoms with Crippen molar-refractivity contribution in [2.75, 3.05) is 6.54 Å². The minimum Gasteiger partial charge on any atom is -0.393 e. The topological polar surface area (TPSA) is 67.2 Å². The van der Waals surface area contributed by atoms with Crippen LogP contribution in [0.1, 0.15) is 50.2 Å². The van der Waals surface area contributed by atoms with Crippen LogP contribution in [0.15, 0.2) is 36.5 Å². The Morgan fingerprint density at radius 3 is 2.52 bits per heavy atom. The third-order valence-corrected chi connectivity index (χ3v) is 3.54. The molecule has 2 rings (SSSR count). The van der Waals surface area contributed by atoms with Crippen LogP contribution < -0.4 is 5.32 Å². The van der Waals surface area contributed by atoms with Crippen LogP contribution in [-0.4, -0.2) is 33.4 Å². The SMILES string of the molecule is CC(O)CCNC(=O)c1cn(-c2ccccc2)nc1C(C)(C)C. The van der Waals surface area contributed by atoms with Gasteiger partial charge in [0.1, 0.15) is 0 Å². The van der Waals surface area contributed by atoms with Gasteiger partial charge in [-0.1, -0.05) is 39.0 Å². The minimum atomic E-state index is -0.426. The van der Waals surface area contributed by atoms with E-state index in [1.165, 1.54) is 0 Å². The highest BCUT2D eigenvalue weighted by Crippen LogP contribution is 2.25. The van der Waals surface area contributed by atoms with Gasteiger partial charge >= 0.3 is 0 Å². The Morgan fingerprint density at radius 2 is 1.96 bits per heavy atom. The van der Waals surface area contributed by atoms with E-state index < -0.39 is 6.10 Å². The predicted octanol–water partition coefficient (Wildman–Crippen LogP) is 2.67. The molecule has 23 heavy (non-hydrogen) atoms. The summed E-state index contributed by atoms with van der Waals surface area (Å²) in [4.78, 5) is 12.5. The van der Waals surface area contributed by atoms with E-state index in [4.69, 9.17) is 0 Å². The fourth-order valence-electron chi connectivity index (χ4n) is 2.30. The number of nitrogens with zero attached hydrogens (tertiary/aromatic N) is 2. The molecule has 5 heteroatoms. The van der Waals surface area contributed by atoms with Crippen molar-refractivity contribution in [3.63, 3.8) is 0 Å². The van der Waals surface area contributed by atoms with Gasteiger partial charge in [0.25, 0.3) is 5.91 Å². The largest absolute Gasteiger partial charge is 0.393 e. The van der Waals surface area contributed by atoms with Gasteiger partial charge in [-0.3, -0.25) is 4.79 Å². The highest BCUT2D eigenvalue weighted by molar-refractivity contribution is 5.95. The van der Waals surface area contributed by atoms with E-state index in [0.717, 1.165) is 11.4 Å². The van der Waals surface area contributed by atoms with Crippen molar-refractivity contribution >= 4 is 5.91 Å². The summed E-state index contributed by atoms with van der Waals surface area (Å²) in [5, 5.41) is 16.8. The molecule has 0 fully saturated rings. The molecule has 1 aromatic heterocycles. The van der Waals surface area contributed by atoms with Crippen molar-refractivity contribution in [2.45, 2.75) is 45.6 Å². The van der Waals surface area contributed by atoms with Crippen LogP contribution in [0.25, 0.3) is 5.69 Å². The van der Waals surface area contributed by atoms with Crippen molar-refractivity contribution < 1.29 is 9.90 Å². The number of carbonyl (C=O) groups excluding carboxylic acids is 1. The number of nitrogens with one attached hydrogen (secondary N) is 1. The van der Waals surface area contributed by atoms with Gasteiger partial charge in [-0.25, -0.2) is 4.68 Å². The molecular formula is C18H25N3O2. The number of para-hydroxylation sites is 1. The van der Waals surface area contributed by atoms with Gasteiger partial charge < -0.3 is 10.4 Å². The molecule has 1 unspecified atom stereocenters. The summed E-state index contributed by atoms with van der Waals surface area (Å²) in [7, 11) is 0. The number of amides is 1. The quantitative estimate of drug-likeness (QED) is 0.891. The number of rotatable bonds is 5. The molecule has 0 aliphatic heterocycles. The molecule has 2 aromatic rings. The molecule has 0 saturated heterocycles. The van der Waals surface area contributed by atoms with Crippen LogP contribution in [0, 0.1) is 0 Å². The second kappa shape index (κ2) is 6.96. The summed E-state index contributed by atoms with van der Waals surface area (Å²) < 4.78 is 1.74. The summed E-state index contributed by atoms with van der Waals surface area (Å²) in [6, 6.07) is 9.73. The van der Waals surface area contributed by atoms with Crippen molar-refractivity contribution in [3.8, 4) is 5.69 Å². The van der Waals surface area contributed by atoms with Crippen LogP contribution in [0.5, 0.6) is 0 Å². The van der Waals surface area contributed by atoms with E-state index in [1.54, 1.807) is 17.8 Å². The zero-order chi connectivity index (χ0) is 17.0. The second-order valence-electron chi connectivity index (χ2n) is 6.82. The summed E-state index contributed by atoms with van der Waals surface area (Å²) >= 11 is 0. The molecule has 1 aromatic carbocycles. The monoisotopic (exact) mass is 315 g/mol. The molecule has 1 amide bonds. The fourth-order valence-corrected chi connectivity index (χ4v) is 2.30. The van der Waals surface area contributed by atoms with Crippen LogP contribution in [0.4, 0.5) is 0 Å². The number of aliphatic hydroxyl groups excluding tert-OH is 1. The second-order valence-corrected chi connectivity index (χ2v) is 6.82. The lowest BCUT2D eigenvalue weighted by atomic mass is 9.89. The van der Waals surface area contributed by atoms with Gasteiger partial charge in [-0.15, -0.1) is 0 Å². The van der Waals surface area contributed by atoms with E-state index in [-0.39, 0.29) is 11.3 Å². The summed E-state index contributed by atoms with van der Waals surface area (Å²) in [6.07, 6.45) is 1.88. The number of aliphatic hydroxyl groups is 1. The lowest BCUT2D eigenvalue weighted by Crippen LogP contribution is -2.28. The number of hydrogen-bond acceptors (Lipinski definition) is 3. The van der Waals surface area contributed by atoms with Crippen molar-refractivity contribution in [3.05, 3.63) is 47.8 Å². The predicted molar refractivity (Wildman–Crippen MR) is 90.9 cm³/mol.